The van der Waals surface area contributed by atoms with Crippen LogP contribution in [0.3, 0.4) is 0 Å². The van der Waals surface area contributed by atoms with Crippen molar-refractivity contribution in [1.82, 2.24) is 5.32 Å². The van der Waals surface area contributed by atoms with Gasteiger partial charge in [-0.15, -0.1) is 22.7 Å². The van der Waals surface area contributed by atoms with Gasteiger partial charge in [-0.1, -0.05) is 6.07 Å². The van der Waals surface area contributed by atoms with E-state index >= 15 is 0 Å². The maximum absolute atomic E-state index is 13.8. The Kier molecular flexibility index (Phi) is 4.24. The summed E-state index contributed by atoms with van der Waals surface area (Å²) in [6.45, 7) is 0. The van der Waals surface area contributed by atoms with Crippen LogP contribution in [0, 0.1) is 5.82 Å². The number of fused-ring (bicyclic) bond motifs is 1. The quantitative estimate of drug-likeness (QED) is 0.741. The van der Waals surface area contributed by atoms with E-state index in [2.05, 4.69) is 22.8 Å². The van der Waals surface area contributed by atoms with Crippen molar-refractivity contribution in [1.29, 1.82) is 0 Å². The number of hydrogen-bond acceptors (Lipinski definition) is 4. The molecule has 5 heteroatoms. The largest absolute Gasteiger partial charge is 0.494 e. The summed E-state index contributed by atoms with van der Waals surface area (Å²) in [5.41, 5.74) is 0.962. The lowest BCUT2D eigenvalue weighted by Gasteiger charge is -2.15. The maximum atomic E-state index is 13.8. The zero-order chi connectivity index (χ0) is 14.8. The van der Waals surface area contributed by atoms with E-state index in [1.807, 2.05) is 13.1 Å². The third-order valence-electron chi connectivity index (χ3n) is 3.51. The van der Waals surface area contributed by atoms with E-state index in [4.69, 9.17) is 4.74 Å². The van der Waals surface area contributed by atoms with Gasteiger partial charge in [0.15, 0.2) is 11.6 Å². The summed E-state index contributed by atoms with van der Waals surface area (Å²) in [7, 11) is 3.42. The second-order valence-electron chi connectivity index (χ2n) is 4.81. The minimum atomic E-state index is -0.308. The van der Waals surface area contributed by atoms with E-state index in [0.29, 0.717) is 0 Å². The molecule has 0 saturated carbocycles. The van der Waals surface area contributed by atoms with Crippen LogP contribution in [-0.2, 0) is 6.42 Å². The number of halogens is 1. The number of methoxy groups -OCH3 is 1. The van der Waals surface area contributed by atoms with Gasteiger partial charge in [0.2, 0.25) is 0 Å². The minimum absolute atomic E-state index is 0.197. The van der Waals surface area contributed by atoms with Crippen molar-refractivity contribution in [3.63, 3.8) is 0 Å². The van der Waals surface area contributed by atoms with Crippen LogP contribution in [0.1, 0.15) is 16.5 Å². The minimum Gasteiger partial charge on any atom is -0.494 e. The normalized spacial score (nSPS) is 12.7. The summed E-state index contributed by atoms with van der Waals surface area (Å²) < 4.78 is 21.4. The first-order chi connectivity index (χ1) is 10.2. The zero-order valence-electron chi connectivity index (χ0n) is 11.9. The van der Waals surface area contributed by atoms with Crippen molar-refractivity contribution in [3.8, 4) is 5.75 Å². The van der Waals surface area contributed by atoms with Crippen molar-refractivity contribution in [2.24, 2.45) is 0 Å². The average molecular weight is 321 g/mol. The highest BCUT2D eigenvalue weighted by molar-refractivity contribution is 7.26. The van der Waals surface area contributed by atoms with Crippen LogP contribution in [-0.4, -0.2) is 14.2 Å². The number of thiophene rings is 2. The molecule has 2 nitrogen and oxygen atoms in total. The topological polar surface area (TPSA) is 21.3 Å². The highest BCUT2D eigenvalue weighted by Crippen LogP contribution is 2.34. The van der Waals surface area contributed by atoms with Gasteiger partial charge in [0.25, 0.3) is 0 Å². The Morgan fingerprint density at radius 3 is 2.76 bits per heavy atom. The molecule has 2 aromatic heterocycles. The van der Waals surface area contributed by atoms with E-state index in [1.54, 1.807) is 34.8 Å². The molecular weight excluding hydrogens is 305 g/mol. The third-order valence-corrected chi connectivity index (χ3v) is 5.71. The number of rotatable bonds is 5. The Labute approximate surface area is 131 Å². The number of ether oxygens (including phenoxy) is 1. The zero-order valence-corrected chi connectivity index (χ0v) is 13.5. The molecule has 2 heterocycles. The molecule has 0 bridgehead atoms. The number of hydrogen-bond donors (Lipinski definition) is 1. The summed E-state index contributed by atoms with van der Waals surface area (Å²) in [6.07, 6.45) is 0.755. The Morgan fingerprint density at radius 2 is 2.10 bits per heavy atom. The lowest BCUT2D eigenvalue weighted by molar-refractivity contribution is 0.386. The van der Waals surface area contributed by atoms with Crippen LogP contribution in [0.4, 0.5) is 4.39 Å². The lowest BCUT2D eigenvalue weighted by atomic mass is 10.0. The second-order valence-corrected chi connectivity index (χ2v) is 6.88. The molecule has 21 heavy (non-hydrogen) atoms. The van der Waals surface area contributed by atoms with Crippen LogP contribution in [0.2, 0.25) is 0 Å². The Balaban J connectivity index is 1.83. The van der Waals surface area contributed by atoms with Gasteiger partial charge in [0, 0.05) is 20.3 Å². The molecule has 1 unspecified atom stereocenters. The molecule has 110 valence electrons. The molecule has 0 spiro atoms. The van der Waals surface area contributed by atoms with Gasteiger partial charge in [-0.3, -0.25) is 0 Å². The molecule has 0 saturated heterocycles. The fourth-order valence-electron chi connectivity index (χ4n) is 2.37. The van der Waals surface area contributed by atoms with Gasteiger partial charge >= 0.3 is 0 Å². The van der Waals surface area contributed by atoms with Gasteiger partial charge in [0.1, 0.15) is 0 Å². The predicted octanol–water partition coefficient (Wildman–Crippen LogP) is 4.61. The second kappa shape index (κ2) is 6.13. The van der Waals surface area contributed by atoms with Crippen LogP contribution in [0.15, 0.2) is 35.7 Å². The molecule has 0 fully saturated rings. The summed E-state index contributed by atoms with van der Waals surface area (Å²) in [4.78, 5) is 1.29. The van der Waals surface area contributed by atoms with Gasteiger partial charge in [-0.2, -0.15) is 0 Å². The Hall–Kier alpha value is -1.43. The molecule has 0 aliphatic heterocycles. The highest BCUT2D eigenvalue weighted by atomic mass is 32.1. The van der Waals surface area contributed by atoms with Crippen LogP contribution in [0.25, 0.3) is 9.40 Å². The smallest absolute Gasteiger partial charge is 0.165 e. The number of nitrogens with one attached hydrogen (secondary N) is 1. The molecule has 0 radical (unpaired) electrons. The summed E-state index contributed by atoms with van der Waals surface area (Å²) in [6, 6.07) is 9.73. The molecule has 0 aliphatic rings. The van der Waals surface area contributed by atoms with Crippen LogP contribution < -0.4 is 10.1 Å². The van der Waals surface area contributed by atoms with E-state index in [1.165, 1.54) is 21.4 Å². The van der Waals surface area contributed by atoms with Crippen molar-refractivity contribution in [2.75, 3.05) is 14.2 Å². The summed E-state index contributed by atoms with van der Waals surface area (Å²) >= 11 is 3.55. The van der Waals surface area contributed by atoms with E-state index in [9.17, 15) is 4.39 Å². The average Bonchev–Trinajstić information content (AvgIpc) is 3.06. The van der Waals surface area contributed by atoms with Crippen LogP contribution in [0.5, 0.6) is 5.75 Å². The Bertz CT molecular complexity index is 721. The van der Waals surface area contributed by atoms with Gasteiger partial charge < -0.3 is 10.1 Å². The van der Waals surface area contributed by atoms with E-state index < -0.39 is 0 Å². The van der Waals surface area contributed by atoms with Crippen LogP contribution >= 0.6 is 22.7 Å². The molecule has 1 aromatic carbocycles. The third kappa shape index (κ3) is 2.95. The number of benzene rings is 1. The molecule has 0 amide bonds. The van der Waals surface area contributed by atoms with Crippen molar-refractivity contribution in [3.05, 3.63) is 52.0 Å². The van der Waals surface area contributed by atoms with Crippen molar-refractivity contribution in [2.45, 2.75) is 12.5 Å². The fraction of sp³-hybridized carbons (Fsp3) is 0.250. The fourth-order valence-corrected chi connectivity index (χ4v) is 4.60. The molecule has 3 aromatic rings. The van der Waals surface area contributed by atoms with Crippen molar-refractivity contribution < 1.29 is 9.13 Å². The van der Waals surface area contributed by atoms with E-state index in [0.717, 1.165) is 12.0 Å². The highest BCUT2D eigenvalue weighted by Gasteiger charge is 2.15. The SMILES string of the molecule is CNC(Cc1ccc(OC)c(F)c1)c1cc2sccc2s1. The summed E-state index contributed by atoms with van der Waals surface area (Å²) in [5.74, 6) is -0.0200. The van der Waals surface area contributed by atoms with Crippen molar-refractivity contribution >= 4 is 32.1 Å². The maximum Gasteiger partial charge on any atom is 0.165 e. The van der Waals surface area contributed by atoms with Gasteiger partial charge in [0.05, 0.1) is 7.11 Å². The standard InChI is InChI=1S/C16H16FNOS2/c1-18-12(15-9-16-14(21-15)5-6-20-16)8-10-3-4-13(19-2)11(17)7-10/h3-7,9,12,18H,8H2,1-2H3. The Morgan fingerprint density at radius 1 is 1.24 bits per heavy atom. The first-order valence-corrected chi connectivity index (χ1v) is 8.37. The predicted molar refractivity (Wildman–Crippen MR) is 88.2 cm³/mol. The summed E-state index contributed by atoms with van der Waals surface area (Å²) in [5, 5.41) is 5.44. The first-order valence-electron chi connectivity index (χ1n) is 6.68. The lowest BCUT2D eigenvalue weighted by Crippen LogP contribution is -2.17. The van der Waals surface area contributed by atoms with Gasteiger partial charge in [-0.05, 0) is 48.7 Å². The molecule has 0 aliphatic carbocycles. The number of likely N-dealkylation sites (N-methyl/N-ethyl adjacent to an activating group) is 1. The molecule has 3 rings (SSSR count). The first kappa shape index (κ1) is 14.5. The monoisotopic (exact) mass is 321 g/mol. The molecule has 1 atom stereocenters. The molecular formula is C16H16FNOS2. The van der Waals surface area contributed by atoms with Gasteiger partial charge in [-0.25, -0.2) is 4.39 Å². The van der Waals surface area contributed by atoms with E-state index in [-0.39, 0.29) is 17.6 Å². The molecule has 1 N–H and O–H groups in total.